The fourth-order valence-electron chi connectivity index (χ4n) is 0.483. The Balaban J connectivity index is 3.58. The zero-order valence-electron chi connectivity index (χ0n) is 6.52. The monoisotopic (exact) mass is 276 g/mol. The van der Waals surface area contributed by atoms with Gasteiger partial charge < -0.3 is 0 Å². The van der Waals surface area contributed by atoms with Crippen LogP contribution in [0.1, 0.15) is 6.92 Å². The summed E-state index contributed by atoms with van der Waals surface area (Å²) in [6, 6.07) is 0. The Kier molecular flexibility index (Phi) is 4.57. The molecule has 0 radical (unpaired) electrons. The first-order chi connectivity index (χ1) is 4.45. The molecule has 10 heavy (non-hydrogen) atoms. The van der Waals surface area contributed by atoms with E-state index in [-0.39, 0.29) is 5.97 Å². The van der Waals surface area contributed by atoms with Crippen LogP contribution >= 0.6 is 14.1 Å². The van der Waals surface area contributed by atoms with E-state index >= 15 is 0 Å². The molecule has 0 spiro atoms. The first-order valence-corrected chi connectivity index (χ1v) is 11.7. The molecule has 2 nitrogen and oxygen atoms in total. The Morgan fingerprint density at radius 1 is 1.60 bits per heavy atom. The third-order valence-electron chi connectivity index (χ3n) is 0.766. The normalized spacial score (nSPS) is 12.8. The summed E-state index contributed by atoms with van der Waals surface area (Å²) in [5, 5.41) is 0.574. The van der Waals surface area contributed by atoms with E-state index in [1.54, 1.807) is 0 Å². The van der Waals surface area contributed by atoms with Crippen LogP contribution in [-0.4, -0.2) is 23.6 Å². The minimum absolute atomic E-state index is 0.0793. The molecule has 0 atom stereocenters. The zero-order valence-corrected chi connectivity index (χ0v) is 9.82. The Hall–Kier alpha value is 0.469. The van der Waals surface area contributed by atoms with Crippen LogP contribution in [0.25, 0.3) is 0 Å². The van der Waals surface area contributed by atoms with Crippen molar-refractivity contribution in [3.05, 3.63) is 0 Å². The van der Waals surface area contributed by atoms with Crippen molar-refractivity contribution in [2.45, 2.75) is 23.9 Å². The summed E-state index contributed by atoms with van der Waals surface area (Å²) >= 11 is 1.92. The van der Waals surface area contributed by atoms with Crippen molar-refractivity contribution in [1.82, 2.24) is 0 Å². The van der Waals surface area contributed by atoms with Crippen molar-refractivity contribution in [2.75, 3.05) is 6.61 Å². The third-order valence-corrected chi connectivity index (χ3v) is 3.89. The molecule has 0 rings (SSSR count). The SMILES string of the molecule is CCOC(=O)C[Se](C)(C)Br. The van der Waals surface area contributed by atoms with Crippen LogP contribution in [0.2, 0.25) is 17.0 Å². The van der Waals surface area contributed by atoms with Gasteiger partial charge in [0.05, 0.1) is 0 Å². The second-order valence-electron chi connectivity index (χ2n) is 2.35. The summed E-state index contributed by atoms with van der Waals surface area (Å²) in [5.41, 5.74) is 0. The molecule has 0 N–H and O–H groups in total. The van der Waals surface area contributed by atoms with Gasteiger partial charge >= 0.3 is 71.1 Å². The van der Waals surface area contributed by atoms with Gasteiger partial charge in [-0.2, -0.15) is 0 Å². The van der Waals surface area contributed by atoms with Crippen molar-refractivity contribution in [3.8, 4) is 0 Å². The molecule has 0 bridgehead atoms. The molecule has 0 amide bonds. The Bertz CT molecular complexity index is 119. The predicted molar refractivity (Wildman–Crippen MR) is 47.8 cm³/mol. The predicted octanol–water partition coefficient (Wildman–Crippen LogP) is 2.15. The van der Waals surface area contributed by atoms with Crippen molar-refractivity contribution in [1.29, 1.82) is 0 Å². The van der Waals surface area contributed by atoms with Gasteiger partial charge in [0.1, 0.15) is 0 Å². The van der Waals surface area contributed by atoms with Gasteiger partial charge in [0.25, 0.3) is 0 Å². The van der Waals surface area contributed by atoms with Crippen molar-refractivity contribution in [3.63, 3.8) is 0 Å². The maximum atomic E-state index is 10.8. The molecule has 0 aromatic carbocycles. The molecule has 0 aliphatic rings. The van der Waals surface area contributed by atoms with E-state index in [0.717, 1.165) is 0 Å². The Morgan fingerprint density at radius 3 is 2.40 bits per heavy atom. The van der Waals surface area contributed by atoms with Gasteiger partial charge in [-0.3, -0.25) is 0 Å². The number of ether oxygens (including phenoxy) is 1. The second kappa shape index (κ2) is 4.37. The number of rotatable bonds is 3. The van der Waals surface area contributed by atoms with Gasteiger partial charge in [-0.15, -0.1) is 0 Å². The fraction of sp³-hybridized carbons (Fsp3) is 0.833. The topological polar surface area (TPSA) is 26.3 Å². The molecule has 0 aliphatic carbocycles. The molecular weight excluding hydrogens is 263 g/mol. The zero-order chi connectivity index (χ0) is 8.20. The number of hydrogen-bond acceptors (Lipinski definition) is 2. The summed E-state index contributed by atoms with van der Waals surface area (Å²) in [6.07, 6.45) is 0. The van der Waals surface area contributed by atoms with Crippen LogP contribution in [-0.2, 0) is 9.53 Å². The van der Waals surface area contributed by atoms with E-state index in [1.807, 2.05) is 6.92 Å². The molecule has 0 saturated carbocycles. The van der Waals surface area contributed by atoms with Crippen LogP contribution in [0.15, 0.2) is 0 Å². The Morgan fingerprint density at radius 2 is 2.10 bits per heavy atom. The summed E-state index contributed by atoms with van der Waals surface area (Å²) < 4.78 is 4.79. The molecule has 0 aliphatic heterocycles. The van der Waals surface area contributed by atoms with E-state index in [4.69, 9.17) is 4.74 Å². The van der Waals surface area contributed by atoms with Crippen LogP contribution in [0.5, 0.6) is 0 Å². The standard InChI is InChI=1S/C6H13BrO2Se/c1-4-9-6(8)5-10(2,3)7/h4-5H2,1-3H3. The molecular formula is C6H13BrO2Se. The summed E-state index contributed by atoms with van der Waals surface area (Å²) in [4.78, 5) is 10.8. The number of carbonyl (C=O) groups excluding carboxylic acids is 1. The molecule has 0 unspecified atom stereocenters. The number of esters is 1. The minimum atomic E-state index is -1.58. The number of halogens is 1. The number of hydrogen-bond donors (Lipinski definition) is 0. The van der Waals surface area contributed by atoms with E-state index in [1.165, 1.54) is 0 Å². The van der Waals surface area contributed by atoms with Crippen LogP contribution in [0, 0.1) is 0 Å². The molecule has 0 aromatic heterocycles. The van der Waals surface area contributed by atoms with Gasteiger partial charge in [-0.05, 0) is 0 Å². The average molecular weight is 276 g/mol. The summed E-state index contributed by atoms with van der Waals surface area (Å²) in [5.74, 6) is 4.10. The van der Waals surface area contributed by atoms with Gasteiger partial charge in [0.15, 0.2) is 0 Å². The van der Waals surface area contributed by atoms with Gasteiger partial charge in [-0.25, -0.2) is 0 Å². The van der Waals surface area contributed by atoms with Gasteiger partial charge in [0, 0.05) is 0 Å². The average Bonchev–Trinajstić information content (AvgIpc) is 1.59. The molecule has 0 saturated heterocycles. The van der Waals surface area contributed by atoms with Gasteiger partial charge in [-0.1, -0.05) is 0 Å². The van der Waals surface area contributed by atoms with E-state index in [2.05, 4.69) is 25.8 Å². The quantitative estimate of drug-likeness (QED) is 0.583. The molecule has 0 heterocycles. The van der Waals surface area contributed by atoms with Crippen molar-refractivity contribution < 1.29 is 9.53 Å². The Labute approximate surface area is 71.2 Å². The summed E-state index contributed by atoms with van der Waals surface area (Å²) in [6.45, 7) is 2.31. The van der Waals surface area contributed by atoms with E-state index in [0.29, 0.717) is 11.9 Å². The number of carbonyl (C=O) groups is 1. The van der Waals surface area contributed by atoms with Crippen molar-refractivity contribution in [2.24, 2.45) is 0 Å². The third kappa shape index (κ3) is 6.59. The molecule has 0 aromatic rings. The summed E-state index contributed by atoms with van der Waals surface area (Å²) in [7, 11) is 0. The maximum absolute atomic E-state index is 10.8. The van der Waals surface area contributed by atoms with Crippen LogP contribution in [0.3, 0.4) is 0 Å². The van der Waals surface area contributed by atoms with E-state index in [9.17, 15) is 4.79 Å². The van der Waals surface area contributed by atoms with Gasteiger partial charge in [0.2, 0.25) is 0 Å². The van der Waals surface area contributed by atoms with Crippen LogP contribution < -0.4 is 0 Å². The van der Waals surface area contributed by atoms with Crippen molar-refractivity contribution >= 4 is 31.1 Å². The molecule has 0 fully saturated rings. The molecule has 62 valence electrons. The van der Waals surface area contributed by atoms with Crippen LogP contribution in [0.4, 0.5) is 0 Å². The second-order valence-corrected chi connectivity index (χ2v) is 18.0. The fourth-order valence-corrected chi connectivity index (χ4v) is 2.80. The van der Waals surface area contributed by atoms with E-state index < -0.39 is 11.0 Å². The molecule has 4 heteroatoms. The first kappa shape index (κ1) is 10.5. The first-order valence-electron chi connectivity index (χ1n) is 3.02.